The van der Waals surface area contributed by atoms with E-state index in [2.05, 4.69) is 16.9 Å². The molecule has 3 rings (SSSR count). The molecule has 1 aliphatic heterocycles. The predicted molar refractivity (Wildman–Crippen MR) is 100 cm³/mol. The topological polar surface area (TPSA) is 25.4 Å². The van der Waals surface area contributed by atoms with Gasteiger partial charge in [0, 0.05) is 11.6 Å². The standard InChI is InChI=1S/C17H19ClN2O.2ClH/c1-20-9-5-8-14(20)12-21-15-10-16(17(18)19-11-15)13-6-3-2-4-7-13;;/h2-4,6-7,10-11,14H,5,8-9,12H2,1H3;2*1H/t14-;;/m1../s1. The smallest absolute Gasteiger partial charge is 0.138 e. The van der Waals surface area contributed by atoms with Gasteiger partial charge in [-0.25, -0.2) is 4.98 Å². The van der Waals surface area contributed by atoms with Crippen molar-refractivity contribution in [3.63, 3.8) is 0 Å². The van der Waals surface area contributed by atoms with Crippen molar-refractivity contribution in [3.8, 4) is 16.9 Å². The summed E-state index contributed by atoms with van der Waals surface area (Å²) in [5.74, 6) is 0.776. The predicted octanol–water partition coefficient (Wildman–Crippen LogP) is 4.72. The number of halogens is 3. The van der Waals surface area contributed by atoms with Gasteiger partial charge in [-0.3, -0.25) is 0 Å². The average Bonchev–Trinajstić information content (AvgIpc) is 2.93. The third-order valence-corrected chi connectivity index (χ3v) is 4.31. The zero-order chi connectivity index (χ0) is 14.7. The van der Waals surface area contributed by atoms with Crippen molar-refractivity contribution in [3.05, 3.63) is 47.7 Å². The lowest BCUT2D eigenvalue weighted by Gasteiger charge is -2.19. The van der Waals surface area contributed by atoms with Crippen molar-refractivity contribution in [2.45, 2.75) is 18.9 Å². The van der Waals surface area contributed by atoms with Gasteiger partial charge < -0.3 is 9.64 Å². The second-order valence-corrected chi connectivity index (χ2v) is 5.82. The fraction of sp³-hybridized carbons (Fsp3) is 0.353. The van der Waals surface area contributed by atoms with Gasteiger partial charge >= 0.3 is 0 Å². The Morgan fingerprint density at radius 1 is 1.26 bits per heavy atom. The van der Waals surface area contributed by atoms with E-state index >= 15 is 0 Å². The first-order valence-electron chi connectivity index (χ1n) is 7.28. The van der Waals surface area contributed by atoms with Gasteiger partial charge in [0.25, 0.3) is 0 Å². The maximum atomic E-state index is 6.21. The molecule has 0 aliphatic carbocycles. The van der Waals surface area contributed by atoms with Crippen LogP contribution in [0.3, 0.4) is 0 Å². The zero-order valence-corrected chi connectivity index (χ0v) is 15.3. The minimum absolute atomic E-state index is 0. The Morgan fingerprint density at radius 3 is 2.65 bits per heavy atom. The van der Waals surface area contributed by atoms with E-state index in [-0.39, 0.29) is 24.8 Å². The summed E-state index contributed by atoms with van der Waals surface area (Å²) in [6, 6.07) is 12.5. The van der Waals surface area contributed by atoms with E-state index in [0.29, 0.717) is 17.8 Å². The summed E-state index contributed by atoms with van der Waals surface area (Å²) in [5.41, 5.74) is 1.97. The monoisotopic (exact) mass is 374 g/mol. The number of likely N-dealkylation sites (N-methyl/N-ethyl adjacent to an activating group) is 1. The maximum Gasteiger partial charge on any atom is 0.138 e. The first-order valence-corrected chi connectivity index (χ1v) is 7.66. The fourth-order valence-corrected chi connectivity index (χ4v) is 2.92. The summed E-state index contributed by atoms with van der Waals surface area (Å²) < 4.78 is 5.91. The summed E-state index contributed by atoms with van der Waals surface area (Å²) in [6.07, 6.45) is 4.14. The Bertz CT molecular complexity index is 610. The van der Waals surface area contributed by atoms with E-state index in [1.807, 2.05) is 36.4 Å². The Hall–Kier alpha value is -1.000. The molecule has 1 saturated heterocycles. The van der Waals surface area contributed by atoms with Crippen LogP contribution in [0.1, 0.15) is 12.8 Å². The number of pyridine rings is 1. The summed E-state index contributed by atoms with van der Waals surface area (Å²) >= 11 is 6.21. The van der Waals surface area contributed by atoms with Gasteiger partial charge in [0.1, 0.15) is 17.5 Å². The normalized spacial score (nSPS) is 17.2. The molecule has 1 atom stereocenters. The van der Waals surface area contributed by atoms with Crippen LogP contribution in [-0.4, -0.2) is 36.1 Å². The van der Waals surface area contributed by atoms with Crippen LogP contribution in [0.2, 0.25) is 5.15 Å². The van der Waals surface area contributed by atoms with Crippen molar-refractivity contribution >= 4 is 36.4 Å². The second-order valence-electron chi connectivity index (χ2n) is 5.46. The van der Waals surface area contributed by atoms with Gasteiger partial charge in [-0.2, -0.15) is 0 Å². The summed E-state index contributed by atoms with van der Waals surface area (Å²) in [5, 5.41) is 0.506. The van der Waals surface area contributed by atoms with Gasteiger partial charge in [0.2, 0.25) is 0 Å². The number of hydrogen-bond donors (Lipinski definition) is 0. The van der Waals surface area contributed by atoms with Crippen LogP contribution in [0.15, 0.2) is 42.6 Å². The van der Waals surface area contributed by atoms with Gasteiger partial charge in [0.15, 0.2) is 0 Å². The molecular formula is C17H21Cl3N2O. The number of aromatic nitrogens is 1. The highest BCUT2D eigenvalue weighted by molar-refractivity contribution is 6.32. The summed E-state index contributed by atoms with van der Waals surface area (Å²) in [6.45, 7) is 1.86. The van der Waals surface area contributed by atoms with Gasteiger partial charge in [-0.1, -0.05) is 41.9 Å². The molecule has 0 N–H and O–H groups in total. The highest BCUT2D eigenvalue weighted by atomic mass is 35.5. The molecule has 1 aromatic heterocycles. The van der Waals surface area contributed by atoms with Crippen molar-refractivity contribution in [1.29, 1.82) is 0 Å². The van der Waals surface area contributed by atoms with E-state index in [4.69, 9.17) is 16.3 Å². The van der Waals surface area contributed by atoms with Gasteiger partial charge in [0.05, 0.1) is 6.20 Å². The van der Waals surface area contributed by atoms with Crippen molar-refractivity contribution in [1.82, 2.24) is 9.88 Å². The number of rotatable bonds is 4. The number of ether oxygens (including phenoxy) is 1. The lowest BCUT2D eigenvalue weighted by atomic mass is 10.1. The van der Waals surface area contributed by atoms with Crippen LogP contribution in [0.5, 0.6) is 5.75 Å². The molecule has 2 heterocycles. The van der Waals surface area contributed by atoms with E-state index in [0.717, 1.165) is 23.4 Å². The van der Waals surface area contributed by atoms with Crippen LogP contribution in [-0.2, 0) is 0 Å². The van der Waals surface area contributed by atoms with Crippen LogP contribution in [0.4, 0.5) is 0 Å². The molecule has 126 valence electrons. The van der Waals surface area contributed by atoms with Crippen LogP contribution in [0.25, 0.3) is 11.1 Å². The Morgan fingerprint density at radius 2 is 2.00 bits per heavy atom. The minimum Gasteiger partial charge on any atom is -0.490 e. The molecule has 1 fully saturated rings. The molecule has 0 saturated carbocycles. The molecule has 0 radical (unpaired) electrons. The maximum absolute atomic E-state index is 6.21. The Labute approximate surface area is 154 Å². The SMILES string of the molecule is CN1CCC[C@@H]1COc1cnc(Cl)c(-c2ccccc2)c1.Cl.Cl. The molecule has 1 aromatic carbocycles. The average molecular weight is 376 g/mol. The lowest BCUT2D eigenvalue weighted by molar-refractivity contribution is 0.198. The molecule has 23 heavy (non-hydrogen) atoms. The van der Waals surface area contributed by atoms with Gasteiger partial charge in [-0.05, 0) is 38.1 Å². The molecule has 0 bridgehead atoms. The Balaban J connectivity index is 0.00000132. The highest BCUT2D eigenvalue weighted by Gasteiger charge is 2.21. The number of hydrogen-bond acceptors (Lipinski definition) is 3. The quantitative estimate of drug-likeness (QED) is 0.723. The third-order valence-electron chi connectivity index (χ3n) is 4.01. The first kappa shape index (κ1) is 20.0. The largest absolute Gasteiger partial charge is 0.490 e. The molecule has 1 aliphatic rings. The van der Waals surface area contributed by atoms with E-state index < -0.39 is 0 Å². The number of likely N-dealkylation sites (tertiary alicyclic amines) is 1. The molecule has 2 aromatic rings. The highest BCUT2D eigenvalue weighted by Crippen LogP contribution is 2.29. The second kappa shape index (κ2) is 9.33. The zero-order valence-electron chi connectivity index (χ0n) is 12.9. The Kier molecular flexibility index (Phi) is 8.13. The molecule has 0 spiro atoms. The molecule has 0 unspecified atom stereocenters. The third kappa shape index (κ3) is 4.98. The van der Waals surface area contributed by atoms with Crippen LogP contribution >= 0.6 is 36.4 Å². The van der Waals surface area contributed by atoms with Crippen molar-refractivity contribution in [2.75, 3.05) is 20.2 Å². The van der Waals surface area contributed by atoms with Crippen LogP contribution < -0.4 is 4.74 Å². The lowest BCUT2D eigenvalue weighted by Crippen LogP contribution is -2.30. The molecule has 0 amide bonds. The van der Waals surface area contributed by atoms with Crippen molar-refractivity contribution < 1.29 is 4.74 Å². The minimum atomic E-state index is 0. The fourth-order valence-electron chi connectivity index (χ4n) is 2.71. The first-order chi connectivity index (χ1) is 10.2. The summed E-state index contributed by atoms with van der Waals surface area (Å²) in [4.78, 5) is 6.60. The molecule has 6 heteroatoms. The van der Waals surface area contributed by atoms with E-state index in [1.165, 1.54) is 12.8 Å². The van der Waals surface area contributed by atoms with Crippen molar-refractivity contribution in [2.24, 2.45) is 0 Å². The van der Waals surface area contributed by atoms with Gasteiger partial charge in [-0.15, -0.1) is 24.8 Å². The summed E-state index contributed by atoms with van der Waals surface area (Å²) in [7, 11) is 2.15. The molecule has 3 nitrogen and oxygen atoms in total. The number of nitrogens with zero attached hydrogens (tertiary/aromatic N) is 2. The van der Waals surface area contributed by atoms with E-state index in [9.17, 15) is 0 Å². The number of benzene rings is 1. The van der Waals surface area contributed by atoms with E-state index in [1.54, 1.807) is 6.20 Å². The van der Waals surface area contributed by atoms with Crippen LogP contribution in [0, 0.1) is 0 Å². The molecular weight excluding hydrogens is 355 g/mol.